The van der Waals surface area contributed by atoms with Crippen LogP contribution in [0.3, 0.4) is 0 Å². The highest BCUT2D eigenvalue weighted by Crippen LogP contribution is 2.32. The van der Waals surface area contributed by atoms with Gasteiger partial charge in [0, 0.05) is 16.8 Å². The summed E-state index contributed by atoms with van der Waals surface area (Å²) in [5.74, 6) is -1.32. The Bertz CT molecular complexity index is 1190. The minimum Gasteiger partial charge on any atom is -0.334 e. The second-order valence-electron chi connectivity index (χ2n) is 6.11. The van der Waals surface area contributed by atoms with Crippen LogP contribution in [0.25, 0.3) is 0 Å². The van der Waals surface area contributed by atoms with Gasteiger partial charge in [-0.15, -0.1) is 0 Å². The van der Waals surface area contributed by atoms with Gasteiger partial charge in [-0.1, -0.05) is 23.7 Å². The number of nitrogens with zero attached hydrogens (tertiary/aromatic N) is 4. The first-order chi connectivity index (χ1) is 14.8. The Balaban J connectivity index is 1.87. The maximum atomic E-state index is 12.4. The van der Waals surface area contributed by atoms with E-state index >= 15 is 0 Å². The lowest BCUT2D eigenvalue weighted by Crippen LogP contribution is -2.30. The highest BCUT2D eigenvalue weighted by molar-refractivity contribution is 6.30. The molecule has 0 saturated carbocycles. The van der Waals surface area contributed by atoms with E-state index in [1.54, 1.807) is 25.1 Å². The van der Waals surface area contributed by atoms with Gasteiger partial charge in [0.25, 0.3) is 11.6 Å². The third-order valence-electron chi connectivity index (χ3n) is 4.09. The van der Waals surface area contributed by atoms with E-state index in [4.69, 9.17) is 11.6 Å². The maximum absolute atomic E-state index is 12.4. The smallest absolute Gasteiger partial charge is 0.334 e. The molecule has 0 bridgehead atoms. The number of benzene rings is 2. The van der Waals surface area contributed by atoms with Gasteiger partial charge >= 0.3 is 5.69 Å². The second-order valence-corrected chi connectivity index (χ2v) is 6.55. The first kappa shape index (κ1) is 21.4. The number of hydrazine groups is 1. The van der Waals surface area contributed by atoms with Crippen LogP contribution in [0.2, 0.25) is 5.02 Å². The van der Waals surface area contributed by atoms with Gasteiger partial charge in [-0.3, -0.25) is 35.9 Å². The zero-order valence-corrected chi connectivity index (χ0v) is 16.6. The highest BCUT2D eigenvalue weighted by Gasteiger charge is 2.25. The molecule has 3 N–H and O–H groups in total. The number of aromatic nitrogens is 2. The summed E-state index contributed by atoms with van der Waals surface area (Å²) in [6.45, 7) is 1.76. The van der Waals surface area contributed by atoms with Gasteiger partial charge in [-0.2, -0.15) is 0 Å². The number of amides is 1. The van der Waals surface area contributed by atoms with Crippen LogP contribution < -0.4 is 16.2 Å². The predicted molar refractivity (Wildman–Crippen MR) is 112 cm³/mol. The Kier molecular flexibility index (Phi) is 6.21. The van der Waals surface area contributed by atoms with Gasteiger partial charge in [0.05, 0.1) is 9.85 Å². The Morgan fingerprint density at radius 3 is 2.42 bits per heavy atom. The van der Waals surface area contributed by atoms with Gasteiger partial charge in [-0.25, -0.2) is 9.97 Å². The fraction of sp³-hybridized carbons (Fsp3) is 0.0556. The third kappa shape index (κ3) is 4.82. The number of carbonyl (C=O) groups excluding carboxylic acids is 1. The Morgan fingerprint density at radius 2 is 1.74 bits per heavy atom. The molecule has 0 spiro atoms. The van der Waals surface area contributed by atoms with E-state index in [1.165, 1.54) is 24.3 Å². The summed E-state index contributed by atoms with van der Waals surface area (Å²) < 4.78 is 0. The molecule has 12 nitrogen and oxygen atoms in total. The average molecular weight is 444 g/mol. The fourth-order valence-corrected chi connectivity index (χ4v) is 2.86. The van der Waals surface area contributed by atoms with E-state index in [0.29, 0.717) is 10.7 Å². The molecule has 1 heterocycles. The van der Waals surface area contributed by atoms with Gasteiger partial charge in [-0.05, 0) is 36.8 Å². The molecular formula is C18H14ClN7O5. The summed E-state index contributed by atoms with van der Waals surface area (Å²) in [5.41, 5.74) is 4.58. The topological polar surface area (TPSA) is 165 Å². The van der Waals surface area contributed by atoms with E-state index < -0.39 is 27.1 Å². The van der Waals surface area contributed by atoms with Crippen molar-refractivity contribution in [3.63, 3.8) is 0 Å². The molecule has 0 aliphatic carbocycles. The minimum atomic E-state index is -0.872. The first-order valence-electron chi connectivity index (χ1n) is 8.60. The van der Waals surface area contributed by atoms with Gasteiger partial charge in [0.15, 0.2) is 0 Å². The van der Waals surface area contributed by atoms with Crippen molar-refractivity contribution in [1.29, 1.82) is 0 Å². The van der Waals surface area contributed by atoms with Crippen LogP contribution in [0.4, 0.5) is 28.7 Å². The Hall–Kier alpha value is -4.32. The summed E-state index contributed by atoms with van der Waals surface area (Å²) in [5, 5.41) is 26.1. The summed E-state index contributed by atoms with van der Waals surface area (Å²) in [4.78, 5) is 41.4. The van der Waals surface area contributed by atoms with Crippen molar-refractivity contribution in [1.82, 2.24) is 15.4 Å². The van der Waals surface area contributed by atoms with Crippen LogP contribution in [0.5, 0.6) is 0 Å². The quantitative estimate of drug-likeness (QED) is 0.364. The van der Waals surface area contributed by atoms with E-state index in [9.17, 15) is 25.0 Å². The molecule has 1 aromatic heterocycles. The molecule has 0 saturated heterocycles. The molecule has 0 atom stereocenters. The molecule has 3 aromatic rings. The number of anilines is 3. The van der Waals surface area contributed by atoms with Crippen LogP contribution in [0.1, 0.15) is 15.9 Å². The number of halogens is 1. The SMILES string of the molecule is Cc1cc(Cl)ccc1Nc1ncnc(NNC(=O)c2ccccc2[N+](=O)[O-])c1[N+](=O)[O-]. The number of nitro groups is 2. The average Bonchev–Trinajstić information content (AvgIpc) is 2.73. The number of para-hydroxylation sites is 1. The largest absolute Gasteiger partial charge is 0.355 e. The third-order valence-corrected chi connectivity index (χ3v) is 4.32. The number of hydrogen-bond acceptors (Lipinski definition) is 9. The number of carbonyl (C=O) groups is 1. The Labute approximate surface area is 179 Å². The molecule has 0 unspecified atom stereocenters. The summed E-state index contributed by atoms with van der Waals surface area (Å²) >= 11 is 5.92. The number of aryl methyl sites for hydroxylation is 1. The number of nitro benzene ring substituents is 1. The molecule has 0 radical (unpaired) electrons. The zero-order valence-electron chi connectivity index (χ0n) is 15.8. The van der Waals surface area contributed by atoms with Gasteiger partial charge < -0.3 is 5.32 Å². The lowest BCUT2D eigenvalue weighted by atomic mass is 10.2. The van der Waals surface area contributed by atoms with Crippen molar-refractivity contribution in [2.24, 2.45) is 0 Å². The molecule has 0 aliphatic rings. The predicted octanol–water partition coefficient (Wildman–Crippen LogP) is 3.76. The molecule has 31 heavy (non-hydrogen) atoms. The van der Waals surface area contributed by atoms with Crippen molar-refractivity contribution in [3.8, 4) is 0 Å². The monoisotopic (exact) mass is 443 g/mol. The Morgan fingerprint density at radius 1 is 1.03 bits per heavy atom. The molecule has 0 fully saturated rings. The van der Waals surface area contributed by atoms with Gasteiger partial charge in [0.1, 0.15) is 11.9 Å². The standard InChI is InChI=1S/C18H14ClN7O5/c1-10-8-11(19)6-7-13(10)22-16-15(26(30)31)17(21-9-20-16)23-24-18(27)12-4-2-3-5-14(12)25(28)29/h2-9H,1H3,(H,24,27)(H2,20,21,22,23). The fourth-order valence-electron chi connectivity index (χ4n) is 2.64. The van der Waals surface area contributed by atoms with Gasteiger partial charge in [0.2, 0.25) is 11.6 Å². The van der Waals surface area contributed by atoms with Crippen molar-refractivity contribution in [3.05, 3.63) is 85.2 Å². The molecule has 13 heteroatoms. The van der Waals surface area contributed by atoms with Crippen LogP contribution in [-0.2, 0) is 0 Å². The summed E-state index contributed by atoms with van der Waals surface area (Å²) in [6.07, 6.45) is 1.06. The molecule has 158 valence electrons. The lowest BCUT2D eigenvalue weighted by molar-refractivity contribution is -0.385. The van der Waals surface area contributed by atoms with Crippen LogP contribution in [0, 0.1) is 27.2 Å². The number of hydrogen-bond donors (Lipinski definition) is 3. The van der Waals surface area contributed by atoms with E-state index in [0.717, 1.165) is 11.9 Å². The van der Waals surface area contributed by atoms with E-state index in [2.05, 4.69) is 26.1 Å². The second kappa shape index (κ2) is 9.00. The number of rotatable bonds is 7. The van der Waals surface area contributed by atoms with Crippen LogP contribution in [0.15, 0.2) is 48.8 Å². The first-order valence-corrected chi connectivity index (χ1v) is 8.98. The number of nitrogens with one attached hydrogen (secondary N) is 3. The lowest BCUT2D eigenvalue weighted by Gasteiger charge is -2.12. The van der Waals surface area contributed by atoms with Crippen molar-refractivity contribution >= 4 is 46.2 Å². The van der Waals surface area contributed by atoms with Crippen LogP contribution in [-0.4, -0.2) is 25.7 Å². The molecule has 1 amide bonds. The molecular weight excluding hydrogens is 430 g/mol. The van der Waals surface area contributed by atoms with E-state index in [1.807, 2.05) is 0 Å². The maximum Gasteiger partial charge on any atom is 0.355 e. The van der Waals surface area contributed by atoms with Crippen molar-refractivity contribution < 1.29 is 14.6 Å². The molecule has 0 aliphatic heterocycles. The molecule has 3 rings (SSSR count). The normalized spacial score (nSPS) is 10.3. The highest BCUT2D eigenvalue weighted by atomic mass is 35.5. The van der Waals surface area contributed by atoms with Crippen molar-refractivity contribution in [2.45, 2.75) is 6.92 Å². The molecule has 2 aromatic carbocycles. The zero-order chi connectivity index (χ0) is 22.5. The van der Waals surface area contributed by atoms with Crippen LogP contribution >= 0.6 is 11.6 Å². The van der Waals surface area contributed by atoms with E-state index in [-0.39, 0.29) is 17.2 Å². The summed E-state index contributed by atoms with van der Waals surface area (Å²) in [6, 6.07) is 10.2. The van der Waals surface area contributed by atoms with Crippen molar-refractivity contribution in [2.75, 3.05) is 10.7 Å². The minimum absolute atomic E-state index is 0.132. The summed E-state index contributed by atoms with van der Waals surface area (Å²) in [7, 11) is 0.